The summed E-state index contributed by atoms with van der Waals surface area (Å²) in [7, 11) is -2.31. The topological polar surface area (TPSA) is 84.0 Å². The Kier molecular flexibility index (Phi) is 3.25. The minimum absolute atomic E-state index is 0.0515. The molecule has 0 bridgehead atoms. The van der Waals surface area contributed by atoms with Gasteiger partial charge in [0, 0.05) is 12.7 Å². The van der Waals surface area contributed by atoms with E-state index in [9.17, 15) is 8.42 Å². The summed E-state index contributed by atoms with van der Waals surface area (Å²) in [6, 6.07) is 1.53. The zero-order chi connectivity index (χ0) is 10.8. The molecule has 0 aromatic carbocycles. The molecule has 1 aromatic heterocycles. The van der Waals surface area contributed by atoms with Gasteiger partial charge in [0.25, 0.3) is 0 Å². The number of anilines is 1. The molecule has 0 atom stereocenters. The van der Waals surface area contributed by atoms with Gasteiger partial charge in [-0.05, 0) is 13.0 Å². The molecule has 0 fully saturated rings. The zero-order valence-corrected chi connectivity index (χ0v) is 9.15. The van der Waals surface area contributed by atoms with Gasteiger partial charge in [-0.3, -0.25) is 0 Å². The van der Waals surface area contributed by atoms with Crippen molar-refractivity contribution in [2.24, 2.45) is 0 Å². The van der Waals surface area contributed by atoms with Crippen molar-refractivity contribution in [2.75, 3.05) is 11.8 Å². The van der Waals surface area contributed by atoms with Crippen LogP contribution in [0.2, 0.25) is 5.15 Å². The fourth-order valence-corrected chi connectivity index (χ4v) is 1.42. The van der Waals surface area contributed by atoms with Crippen molar-refractivity contribution in [2.45, 2.75) is 6.92 Å². The standard InChI is InChI=1S/C6H9ClN4O2S/c1-4-3-5(7)10-6(9-4)11-14(12,13)8-2/h3,8H,1-2H3,(H,9,10,11). The number of nitrogens with zero attached hydrogens (tertiary/aromatic N) is 2. The molecular formula is C6H9ClN4O2S. The van der Waals surface area contributed by atoms with Gasteiger partial charge in [0.05, 0.1) is 0 Å². The summed E-state index contributed by atoms with van der Waals surface area (Å²) in [5, 5.41) is 0.186. The maximum atomic E-state index is 11.0. The number of halogens is 1. The summed E-state index contributed by atoms with van der Waals surface area (Å²) in [6.07, 6.45) is 0. The molecule has 78 valence electrons. The van der Waals surface area contributed by atoms with E-state index in [1.165, 1.54) is 13.1 Å². The van der Waals surface area contributed by atoms with E-state index in [0.717, 1.165) is 0 Å². The SMILES string of the molecule is CNS(=O)(=O)Nc1nc(C)cc(Cl)n1. The normalized spacial score (nSPS) is 11.4. The van der Waals surface area contributed by atoms with Crippen LogP contribution in [0.4, 0.5) is 5.95 Å². The van der Waals surface area contributed by atoms with Gasteiger partial charge in [-0.15, -0.1) is 0 Å². The van der Waals surface area contributed by atoms with Crippen LogP contribution in [0.25, 0.3) is 0 Å². The molecule has 2 N–H and O–H groups in total. The Labute approximate surface area is 86.9 Å². The van der Waals surface area contributed by atoms with Crippen LogP contribution in [0.5, 0.6) is 0 Å². The molecule has 1 aromatic rings. The molecule has 0 aliphatic heterocycles. The molecule has 6 nitrogen and oxygen atoms in total. The second-order valence-corrected chi connectivity index (χ2v) is 4.47. The Morgan fingerprint density at radius 1 is 1.43 bits per heavy atom. The highest BCUT2D eigenvalue weighted by Crippen LogP contribution is 2.09. The Hall–Kier alpha value is -0.920. The number of aryl methyl sites for hydroxylation is 1. The van der Waals surface area contributed by atoms with E-state index in [-0.39, 0.29) is 11.1 Å². The lowest BCUT2D eigenvalue weighted by atomic mass is 10.5. The van der Waals surface area contributed by atoms with Crippen LogP contribution in [0.1, 0.15) is 5.69 Å². The molecule has 0 aliphatic rings. The number of rotatable bonds is 3. The van der Waals surface area contributed by atoms with E-state index in [1.807, 2.05) is 0 Å². The summed E-state index contributed by atoms with van der Waals surface area (Å²) in [5.74, 6) is -0.0515. The van der Waals surface area contributed by atoms with Crippen LogP contribution in [0, 0.1) is 6.92 Å². The van der Waals surface area contributed by atoms with Crippen molar-refractivity contribution in [3.05, 3.63) is 16.9 Å². The smallest absolute Gasteiger partial charge is 0.238 e. The lowest BCUT2D eigenvalue weighted by Gasteiger charge is -2.05. The third-order valence-corrected chi connectivity index (χ3v) is 2.50. The third kappa shape index (κ3) is 3.09. The molecular weight excluding hydrogens is 228 g/mol. The van der Waals surface area contributed by atoms with Gasteiger partial charge in [0.2, 0.25) is 5.95 Å². The van der Waals surface area contributed by atoms with Gasteiger partial charge in [-0.2, -0.15) is 8.42 Å². The van der Waals surface area contributed by atoms with Crippen molar-refractivity contribution in [3.63, 3.8) is 0 Å². The lowest BCUT2D eigenvalue weighted by molar-refractivity contribution is 0.593. The molecule has 1 rings (SSSR count). The van der Waals surface area contributed by atoms with Crippen LogP contribution in [-0.2, 0) is 10.2 Å². The maximum absolute atomic E-state index is 11.0. The molecule has 0 spiro atoms. The largest absolute Gasteiger partial charge is 0.301 e. The Bertz CT molecular complexity index is 413. The van der Waals surface area contributed by atoms with E-state index in [4.69, 9.17) is 11.6 Å². The second-order valence-electron chi connectivity index (χ2n) is 2.47. The fourth-order valence-electron chi connectivity index (χ4n) is 0.747. The Balaban J connectivity index is 2.98. The quantitative estimate of drug-likeness (QED) is 0.740. The molecule has 8 heteroatoms. The van der Waals surface area contributed by atoms with Gasteiger partial charge >= 0.3 is 10.2 Å². The predicted molar refractivity (Wildman–Crippen MR) is 53.4 cm³/mol. The number of nitrogens with one attached hydrogen (secondary N) is 2. The summed E-state index contributed by atoms with van der Waals surface area (Å²) in [6.45, 7) is 1.69. The van der Waals surface area contributed by atoms with Crippen LogP contribution in [0.3, 0.4) is 0 Å². The minimum atomic E-state index is -3.59. The van der Waals surface area contributed by atoms with Gasteiger partial charge in [-0.1, -0.05) is 11.6 Å². The number of aromatic nitrogens is 2. The number of hydrogen-bond acceptors (Lipinski definition) is 4. The van der Waals surface area contributed by atoms with Crippen LogP contribution in [-0.4, -0.2) is 25.4 Å². The van der Waals surface area contributed by atoms with Crippen molar-refractivity contribution < 1.29 is 8.42 Å². The minimum Gasteiger partial charge on any atom is -0.238 e. The molecule has 0 unspecified atom stereocenters. The van der Waals surface area contributed by atoms with Gasteiger partial charge in [-0.25, -0.2) is 19.4 Å². The molecule has 0 saturated heterocycles. The average molecular weight is 237 g/mol. The van der Waals surface area contributed by atoms with Crippen LogP contribution in [0.15, 0.2) is 6.07 Å². The van der Waals surface area contributed by atoms with Gasteiger partial charge in [0.1, 0.15) is 5.15 Å². The summed E-state index contributed by atoms with van der Waals surface area (Å²) in [5.41, 5.74) is 0.582. The molecule has 1 heterocycles. The van der Waals surface area contributed by atoms with E-state index in [1.54, 1.807) is 6.92 Å². The fraction of sp³-hybridized carbons (Fsp3) is 0.333. The molecule has 0 radical (unpaired) electrons. The lowest BCUT2D eigenvalue weighted by Crippen LogP contribution is -2.27. The van der Waals surface area contributed by atoms with Crippen LogP contribution < -0.4 is 9.44 Å². The molecule has 14 heavy (non-hydrogen) atoms. The maximum Gasteiger partial charge on any atom is 0.301 e. The monoisotopic (exact) mass is 236 g/mol. The summed E-state index contributed by atoms with van der Waals surface area (Å²) < 4.78 is 26.3. The first-order valence-electron chi connectivity index (χ1n) is 3.65. The Morgan fingerprint density at radius 2 is 2.07 bits per heavy atom. The van der Waals surface area contributed by atoms with Gasteiger partial charge < -0.3 is 0 Å². The average Bonchev–Trinajstić information content (AvgIpc) is 2.01. The summed E-state index contributed by atoms with van der Waals surface area (Å²) in [4.78, 5) is 7.53. The van der Waals surface area contributed by atoms with E-state index < -0.39 is 10.2 Å². The zero-order valence-electron chi connectivity index (χ0n) is 7.57. The van der Waals surface area contributed by atoms with Crippen molar-refractivity contribution in [1.29, 1.82) is 0 Å². The van der Waals surface area contributed by atoms with E-state index in [0.29, 0.717) is 5.69 Å². The molecule has 0 saturated carbocycles. The van der Waals surface area contributed by atoms with Crippen molar-refractivity contribution in [3.8, 4) is 0 Å². The van der Waals surface area contributed by atoms with Crippen molar-refractivity contribution >= 4 is 27.8 Å². The van der Waals surface area contributed by atoms with E-state index >= 15 is 0 Å². The van der Waals surface area contributed by atoms with E-state index in [2.05, 4.69) is 19.4 Å². The highest BCUT2D eigenvalue weighted by atomic mass is 35.5. The highest BCUT2D eigenvalue weighted by Gasteiger charge is 2.09. The van der Waals surface area contributed by atoms with Gasteiger partial charge in [0.15, 0.2) is 0 Å². The third-order valence-electron chi connectivity index (χ3n) is 1.32. The number of hydrogen-bond donors (Lipinski definition) is 2. The second kappa shape index (κ2) is 4.07. The van der Waals surface area contributed by atoms with Crippen LogP contribution >= 0.6 is 11.6 Å². The molecule has 0 aliphatic carbocycles. The first-order valence-corrected chi connectivity index (χ1v) is 5.51. The Morgan fingerprint density at radius 3 is 2.57 bits per heavy atom. The summed E-state index contributed by atoms with van der Waals surface area (Å²) >= 11 is 5.62. The predicted octanol–water partition coefficient (Wildman–Crippen LogP) is 0.315. The first-order chi connectivity index (χ1) is 6.43. The first kappa shape index (κ1) is 11.2. The molecule has 0 amide bonds. The van der Waals surface area contributed by atoms with Crippen molar-refractivity contribution in [1.82, 2.24) is 14.7 Å². The highest BCUT2D eigenvalue weighted by molar-refractivity contribution is 7.90.